The molecule has 0 spiro atoms. The number of hydrogen-bond acceptors (Lipinski definition) is 4. The molecule has 6 heteroatoms. The van der Waals surface area contributed by atoms with E-state index in [0.717, 1.165) is 4.90 Å². The fraction of sp³-hybridized carbons (Fsp3) is 0.357. The van der Waals surface area contributed by atoms with Gasteiger partial charge in [0.15, 0.2) is 0 Å². The highest BCUT2D eigenvalue weighted by atomic mass is 16.5. The Labute approximate surface area is 116 Å². The number of anilines is 1. The first-order valence-electron chi connectivity index (χ1n) is 6.33. The van der Waals surface area contributed by atoms with E-state index in [1.54, 1.807) is 31.4 Å². The summed E-state index contributed by atoms with van der Waals surface area (Å²) in [6.45, 7) is 0.431. The van der Waals surface area contributed by atoms with Gasteiger partial charge in [0, 0.05) is 20.1 Å². The van der Waals surface area contributed by atoms with Gasteiger partial charge in [0.2, 0.25) is 0 Å². The van der Waals surface area contributed by atoms with E-state index in [4.69, 9.17) is 10.00 Å². The minimum Gasteiger partial charge on any atom is -0.380 e. The maximum atomic E-state index is 12.4. The van der Waals surface area contributed by atoms with Gasteiger partial charge in [-0.3, -0.25) is 4.79 Å². The number of benzene rings is 1. The fourth-order valence-corrected chi connectivity index (χ4v) is 2.74. The third-order valence-electron chi connectivity index (χ3n) is 3.77. The van der Waals surface area contributed by atoms with Crippen LogP contribution in [0.25, 0.3) is 0 Å². The predicted molar refractivity (Wildman–Crippen MR) is 69.9 cm³/mol. The second-order valence-corrected chi connectivity index (χ2v) is 4.88. The molecule has 0 aromatic heterocycles. The Morgan fingerprint density at radius 2 is 2.20 bits per heavy atom. The third kappa shape index (κ3) is 1.75. The van der Waals surface area contributed by atoms with E-state index in [1.807, 2.05) is 6.07 Å². The van der Waals surface area contributed by atoms with Crippen LogP contribution in [-0.4, -0.2) is 42.6 Å². The van der Waals surface area contributed by atoms with Crippen molar-refractivity contribution in [1.29, 1.82) is 5.26 Å². The number of hydrogen-bond donors (Lipinski definition) is 0. The highest BCUT2D eigenvalue weighted by molar-refractivity contribution is 6.21. The number of urea groups is 1. The van der Waals surface area contributed by atoms with Crippen LogP contribution in [0.2, 0.25) is 0 Å². The molecule has 0 radical (unpaired) electrons. The number of carbonyl (C=O) groups is 2. The van der Waals surface area contributed by atoms with E-state index in [-0.39, 0.29) is 18.0 Å². The Morgan fingerprint density at radius 3 is 2.85 bits per heavy atom. The standard InChI is InChI=1S/C14H13N3O3/c1-20-11-6-12-13(18)17(14(19)16(12)8-11)10-4-2-3-9(5-10)7-15/h2-5,11-12H,6,8H2,1H3. The lowest BCUT2D eigenvalue weighted by Gasteiger charge is -2.17. The molecule has 6 nitrogen and oxygen atoms in total. The van der Waals surface area contributed by atoms with Crippen molar-refractivity contribution in [2.75, 3.05) is 18.6 Å². The van der Waals surface area contributed by atoms with E-state index < -0.39 is 6.04 Å². The van der Waals surface area contributed by atoms with Crippen molar-refractivity contribution < 1.29 is 14.3 Å². The number of imide groups is 1. The molecule has 0 saturated carbocycles. The number of methoxy groups -OCH3 is 1. The van der Waals surface area contributed by atoms with Crippen LogP contribution in [0.15, 0.2) is 24.3 Å². The topological polar surface area (TPSA) is 73.6 Å². The normalized spacial score (nSPS) is 25.0. The molecule has 0 N–H and O–H groups in total. The molecule has 2 saturated heterocycles. The van der Waals surface area contributed by atoms with Crippen LogP contribution in [0.4, 0.5) is 10.5 Å². The van der Waals surface area contributed by atoms with Crippen molar-refractivity contribution in [2.45, 2.75) is 18.6 Å². The van der Waals surface area contributed by atoms with Crippen LogP contribution in [0.3, 0.4) is 0 Å². The number of rotatable bonds is 2. The summed E-state index contributed by atoms with van der Waals surface area (Å²) in [6.07, 6.45) is 0.440. The summed E-state index contributed by atoms with van der Waals surface area (Å²) in [7, 11) is 1.58. The maximum absolute atomic E-state index is 12.4. The second kappa shape index (κ2) is 4.62. The van der Waals surface area contributed by atoms with Gasteiger partial charge in [0.25, 0.3) is 5.91 Å². The molecule has 3 amide bonds. The van der Waals surface area contributed by atoms with E-state index in [0.29, 0.717) is 24.2 Å². The average Bonchev–Trinajstić information content (AvgIpc) is 3.00. The van der Waals surface area contributed by atoms with Crippen LogP contribution in [0.5, 0.6) is 0 Å². The number of nitriles is 1. The molecule has 0 bridgehead atoms. The molecular weight excluding hydrogens is 258 g/mol. The predicted octanol–water partition coefficient (Wildman–Crippen LogP) is 1.11. The SMILES string of the molecule is COC1CC2C(=O)N(c3cccc(C#N)c3)C(=O)N2C1. The number of fused-ring (bicyclic) bond motifs is 1. The summed E-state index contributed by atoms with van der Waals surface area (Å²) in [5, 5.41) is 8.90. The first kappa shape index (κ1) is 12.6. The molecule has 102 valence electrons. The van der Waals surface area contributed by atoms with Crippen LogP contribution in [0, 0.1) is 11.3 Å². The van der Waals surface area contributed by atoms with Crippen molar-refractivity contribution in [3.63, 3.8) is 0 Å². The summed E-state index contributed by atoms with van der Waals surface area (Å²) in [4.78, 5) is 27.4. The zero-order valence-electron chi connectivity index (χ0n) is 10.9. The summed E-state index contributed by atoms with van der Waals surface area (Å²) >= 11 is 0. The minimum atomic E-state index is -0.446. The Kier molecular flexibility index (Phi) is 2.92. The van der Waals surface area contributed by atoms with Gasteiger partial charge >= 0.3 is 6.03 Å². The van der Waals surface area contributed by atoms with Gasteiger partial charge < -0.3 is 9.64 Å². The van der Waals surface area contributed by atoms with E-state index in [9.17, 15) is 9.59 Å². The van der Waals surface area contributed by atoms with Crippen molar-refractivity contribution >= 4 is 17.6 Å². The van der Waals surface area contributed by atoms with Gasteiger partial charge in [0.1, 0.15) is 6.04 Å². The van der Waals surface area contributed by atoms with Gasteiger partial charge in [0.05, 0.1) is 23.4 Å². The average molecular weight is 271 g/mol. The molecule has 1 aromatic rings. The van der Waals surface area contributed by atoms with Gasteiger partial charge in [-0.15, -0.1) is 0 Å². The quantitative estimate of drug-likeness (QED) is 0.755. The van der Waals surface area contributed by atoms with Crippen molar-refractivity contribution in [2.24, 2.45) is 0 Å². The van der Waals surface area contributed by atoms with Crippen molar-refractivity contribution in [1.82, 2.24) is 4.90 Å². The van der Waals surface area contributed by atoms with Crippen LogP contribution in [-0.2, 0) is 9.53 Å². The van der Waals surface area contributed by atoms with E-state index in [1.165, 1.54) is 4.90 Å². The van der Waals surface area contributed by atoms with Crippen molar-refractivity contribution in [3.05, 3.63) is 29.8 Å². The Bertz CT molecular complexity index is 598. The number of amides is 3. The van der Waals surface area contributed by atoms with Crippen LogP contribution in [0.1, 0.15) is 12.0 Å². The van der Waals surface area contributed by atoms with Crippen LogP contribution >= 0.6 is 0 Å². The highest BCUT2D eigenvalue weighted by Crippen LogP contribution is 2.32. The monoisotopic (exact) mass is 271 g/mol. The summed E-state index contributed by atoms with van der Waals surface area (Å²) in [5.74, 6) is -0.246. The number of nitrogens with zero attached hydrogens (tertiary/aromatic N) is 3. The molecule has 2 heterocycles. The minimum absolute atomic E-state index is 0.0829. The number of carbonyl (C=O) groups excluding carboxylic acids is 2. The lowest BCUT2D eigenvalue weighted by atomic mass is 10.1. The summed E-state index contributed by atoms with van der Waals surface area (Å²) < 4.78 is 5.21. The second-order valence-electron chi connectivity index (χ2n) is 4.88. The first-order valence-corrected chi connectivity index (χ1v) is 6.33. The number of ether oxygens (including phenoxy) is 1. The molecule has 2 unspecified atom stereocenters. The molecule has 2 atom stereocenters. The zero-order valence-corrected chi connectivity index (χ0v) is 10.9. The molecular formula is C14H13N3O3. The first-order chi connectivity index (χ1) is 9.65. The Hall–Kier alpha value is -2.39. The third-order valence-corrected chi connectivity index (χ3v) is 3.77. The molecule has 2 aliphatic heterocycles. The molecule has 2 fully saturated rings. The summed E-state index contributed by atoms with van der Waals surface area (Å²) in [6, 6.07) is 7.72. The van der Waals surface area contributed by atoms with Gasteiger partial charge in [-0.05, 0) is 18.2 Å². The lowest BCUT2D eigenvalue weighted by molar-refractivity contribution is -0.119. The van der Waals surface area contributed by atoms with E-state index >= 15 is 0 Å². The lowest BCUT2D eigenvalue weighted by Crippen LogP contribution is -2.35. The molecule has 20 heavy (non-hydrogen) atoms. The Balaban J connectivity index is 1.92. The van der Waals surface area contributed by atoms with Gasteiger partial charge in [-0.1, -0.05) is 6.07 Å². The summed E-state index contributed by atoms with van der Waals surface area (Å²) in [5.41, 5.74) is 0.868. The van der Waals surface area contributed by atoms with Gasteiger partial charge in [-0.2, -0.15) is 5.26 Å². The molecule has 2 aliphatic rings. The van der Waals surface area contributed by atoms with E-state index in [2.05, 4.69) is 0 Å². The molecule has 3 rings (SSSR count). The zero-order chi connectivity index (χ0) is 14.3. The van der Waals surface area contributed by atoms with Gasteiger partial charge in [-0.25, -0.2) is 9.69 Å². The Morgan fingerprint density at radius 1 is 1.40 bits per heavy atom. The fourth-order valence-electron chi connectivity index (χ4n) is 2.74. The van der Waals surface area contributed by atoms with Crippen LogP contribution < -0.4 is 4.90 Å². The smallest absolute Gasteiger partial charge is 0.332 e. The highest BCUT2D eigenvalue weighted by Gasteiger charge is 2.51. The molecule has 1 aromatic carbocycles. The van der Waals surface area contributed by atoms with Crippen molar-refractivity contribution in [3.8, 4) is 6.07 Å². The maximum Gasteiger partial charge on any atom is 0.332 e. The largest absolute Gasteiger partial charge is 0.380 e. The molecule has 0 aliphatic carbocycles.